The van der Waals surface area contributed by atoms with Crippen molar-refractivity contribution >= 4 is 15.9 Å². The molecule has 1 aromatic carbocycles. The number of fused-ring (bicyclic) bond motifs is 1. The summed E-state index contributed by atoms with van der Waals surface area (Å²) in [6, 6.07) is 6.12. The molecule has 16 heavy (non-hydrogen) atoms. The third-order valence-corrected chi connectivity index (χ3v) is 3.57. The summed E-state index contributed by atoms with van der Waals surface area (Å²) in [4.78, 5) is 0. The van der Waals surface area contributed by atoms with Gasteiger partial charge in [0.15, 0.2) is 0 Å². The predicted molar refractivity (Wildman–Crippen MR) is 69.6 cm³/mol. The van der Waals surface area contributed by atoms with Crippen LogP contribution in [0.5, 0.6) is 5.75 Å². The van der Waals surface area contributed by atoms with E-state index in [0.717, 1.165) is 22.2 Å². The first-order chi connectivity index (χ1) is 7.38. The van der Waals surface area contributed by atoms with E-state index in [1.165, 1.54) is 0 Å². The second-order valence-electron chi connectivity index (χ2n) is 5.50. The topological polar surface area (TPSA) is 35.2 Å². The zero-order valence-corrected chi connectivity index (χ0v) is 11.5. The van der Waals surface area contributed by atoms with E-state index in [-0.39, 0.29) is 17.6 Å². The lowest BCUT2D eigenvalue weighted by Gasteiger charge is -2.38. The summed E-state index contributed by atoms with van der Waals surface area (Å²) in [5.74, 6) is 0.932. The molecule has 3 heteroatoms. The third kappa shape index (κ3) is 2.25. The van der Waals surface area contributed by atoms with Gasteiger partial charge < -0.3 is 10.5 Å². The summed E-state index contributed by atoms with van der Waals surface area (Å²) >= 11 is 3.46. The highest BCUT2D eigenvalue weighted by Crippen LogP contribution is 2.40. The molecule has 2 N–H and O–H groups in total. The number of benzene rings is 1. The van der Waals surface area contributed by atoms with Gasteiger partial charge in [0.1, 0.15) is 11.9 Å². The lowest BCUT2D eigenvalue weighted by molar-refractivity contribution is 0.0581. The standard InChI is InChI=1S/C13H18BrNO/c1-13(2,3)12-7-10(15)9-6-8(14)4-5-11(9)16-12/h4-6,10,12H,7,15H2,1-3H3/t10-,12?/m0/s1. The molecule has 1 aliphatic heterocycles. The van der Waals surface area contributed by atoms with Gasteiger partial charge in [0.2, 0.25) is 0 Å². The van der Waals surface area contributed by atoms with Crippen LogP contribution in [0.4, 0.5) is 0 Å². The van der Waals surface area contributed by atoms with Crippen molar-refractivity contribution in [3.05, 3.63) is 28.2 Å². The fourth-order valence-electron chi connectivity index (χ4n) is 2.01. The molecule has 0 aliphatic carbocycles. The van der Waals surface area contributed by atoms with Crippen LogP contribution in [0.1, 0.15) is 38.8 Å². The van der Waals surface area contributed by atoms with Gasteiger partial charge in [0, 0.05) is 22.5 Å². The monoisotopic (exact) mass is 283 g/mol. The molecule has 0 aromatic heterocycles. The van der Waals surface area contributed by atoms with Crippen LogP contribution in [0.2, 0.25) is 0 Å². The van der Waals surface area contributed by atoms with E-state index in [0.29, 0.717) is 0 Å². The van der Waals surface area contributed by atoms with Gasteiger partial charge in [-0.2, -0.15) is 0 Å². The molecule has 2 atom stereocenters. The molecule has 1 unspecified atom stereocenters. The van der Waals surface area contributed by atoms with Crippen molar-refractivity contribution in [3.8, 4) is 5.75 Å². The summed E-state index contributed by atoms with van der Waals surface area (Å²) in [5, 5.41) is 0. The number of hydrogen-bond donors (Lipinski definition) is 1. The molecular weight excluding hydrogens is 266 g/mol. The van der Waals surface area contributed by atoms with Gasteiger partial charge in [-0.15, -0.1) is 0 Å². The Hall–Kier alpha value is -0.540. The van der Waals surface area contributed by atoms with Crippen molar-refractivity contribution in [1.82, 2.24) is 0 Å². The van der Waals surface area contributed by atoms with Crippen molar-refractivity contribution < 1.29 is 4.74 Å². The average Bonchev–Trinajstić information content (AvgIpc) is 2.17. The van der Waals surface area contributed by atoms with Crippen molar-refractivity contribution in [2.45, 2.75) is 39.3 Å². The summed E-state index contributed by atoms with van der Waals surface area (Å²) in [6.07, 6.45) is 1.07. The SMILES string of the molecule is CC(C)(C)C1C[C@H](N)c2cc(Br)ccc2O1. The van der Waals surface area contributed by atoms with Crippen molar-refractivity contribution in [2.24, 2.45) is 11.1 Å². The Morgan fingerprint density at radius 1 is 1.38 bits per heavy atom. The van der Waals surface area contributed by atoms with Crippen LogP contribution in [0.15, 0.2) is 22.7 Å². The predicted octanol–water partition coefficient (Wildman–Crippen LogP) is 3.65. The highest BCUT2D eigenvalue weighted by molar-refractivity contribution is 9.10. The minimum Gasteiger partial charge on any atom is -0.489 e. The van der Waals surface area contributed by atoms with E-state index in [1.807, 2.05) is 12.1 Å². The van der Waals surface area contributed by atoms with Crippen LogP contribution in [-0.2, 0) is 0 Å². The van der Waals surface area contributed by atoms with E-state index < -0.39 is 0 Å². The first-order valence-corrected chi connectivity index (χ1v) is 6.39. The molecular formula is C13H18BrNO. The highest BCUT2D eigenvalue weighted by Gasteiger charge is 2.33. The summed E-state index contributed by atoms with van der Waals surface area (Å²) in [6.45, 7) is 6.57. The van der Waals surface area contributed by atoms with E-state index in [9.17, 15) is 0 Å². The second kappa shape index (κ2) is 4.04. The molecule has 0 saturated carbocycles. The van der Waals surface area contributed by atoms with Crippen LogP contribution in [0.3, 0.4) is 0 Å². The van der Waals surface area contributed by atoms with E-state index in [1.54, 1.807) is 0 Å². The fraction of sp³-hybridized carbons (Fsp3) is 0.538. The largest absolute Gasteiger partial charge is 0.489 e. The quantitative estimate of drug-likeness (QED) is 0.789. The van der Waals surface area contributed by atoms with Crippen molar-refractivity contribution in [2.75, 3.05) is 0 Å². The highest BCUT2D eigenvalue weighted by atomic mass is 79.9. The summed E-state index contributed by atoms with van der Waals surface area (Å²) in [5.41, 5.74) is 7.44. The van der Waals surface area contributed by atoms with Gasteiger partial charge >= 0.3 is 0 Å². The molecule has 1 heterocycles. The van der Waals surface area contributed by atoms with Gasteiger partial charge in [-0.1, -0.05) is 36.7 Å². The zero-order chi connectivity index (χ0) is 11.9. The molecule has 0 fully saturated rings. The number of nitrogens with two attached hydrogens (primary N) is 1. The molecule has 2 rings (SSSR count). The molecule has 0 bridgehead atoms. The molecule has 1 aromatic rings. The summed E-state index contributed by atoms with van der Waals surface area (Å²) in [7, 11) is 0. The maximum absolute atomic E-state index is 6.20. The normalized spacial score (nSPS) is 24.8. The average molecular weight is 284 g/mol. The fourth-order valence-corrected chi connectivity index (χ4v) is 2.38. The van der Waals surface area contributed by atoms with Gasteiger partial charge in [0.05, 0.1) is 0 Å². The summed E-state index contributed by atoms with van der Waals surface area (Å²) < 4.78 is 7.08. The molecule has 0 spiro atoms. The first kappa shape index (κ1) is 11.9. The van der Waals surface area contributed by atoms with Gasteiger partial charge in [-0.25, -0.2) is 0 Å². The molecule has 0 saturated heterocycles. The Bertz CT molecular complexity index is 397. The minimum atomic E-state index is 0.0745. The Balaban J connectivity index is 2.34. The molecule has 2 nitrogen and oxygen atoms in total. The first-order valence-electron chi connectivity index (χ1n) is 5.59. The molecule has 0 radical (unpaired) electrons. The Morgan fingerprint density at radius 3 is 2.69 bits per heavy atom. The minimum absolute atomic E-state index is 0.0745. The lowest BCUT2D eigenvalue weighted by atomic mass is 9.82. The molecule has 88 valence electrons. The van der Waals surface area contributed by atoms with Crippen LogP contribution >= 0.6 is 15.9 Å². The van der Waals surface area contributed by atoms with Crippen LogP contribution in [0, 0.1) is 5.41 Å². The van der Waals surface area contributed by atoms with E-state index >= 15 is 0 Å². The maximum Gasteiger partial charge on any atom is 0.124 e. The smallest absolute Gasteiger partial charge is 0.124 e. The number of rotatable bonds is 0. The van der Waals surface area contributed by atoms with Crippen molar-refractivity contribution in [1.29, 1.82) is 0 Å². The molecule has 0 amide bonds. The van der Waals surface area contributed by atoms with E-state index in [2.05, 4.69) is 42.8 Å². The van der Waals surface area contributed by atoms with Crippen LogP contribution < -0.4 is 10.5 Å². The third-order valence-electron chi connectivity index (χ3n) is 3.07. The van der Waals surface area contributed by atoms with Gasteiger partial charge in [0.25, 0.3) is 0 Å². The van der Waals surface area contributed by atoms with Crippen LogP contribution in [0.25, 0.3) is 0 Å². The Kier molecular flexibility index (Phi) is 3.01. The van der Waals surface area contributed by atoms with E-state index in [4.69, 9.17) is 10.5 Å². The van der Waals surface area contributed by atoms with Crippen molar-refractivity contribution in [3.63, 3.8) is 0 Å². The Labute approximate surface area is 105 Å². The maximum atomic E-state index is 6.20. The lowest BCUT2D eigenvalue weighted by Crippen LogP contribution is -2.38. The van der Waals surface area contributed by atoms with Crippen LogP contribution in [-0.4, -0.2) is 6.10 Å². The Morgan fingerprint density at radius 2 is 2.06 bits per heavy atom. The van der Waals surface area contributed by atoms with Gasteiger partial charge in [-0.05, 0) is 23.6 Å². The van der Waals surface area contributed by atoms with Gasteiger partial charge in [-0.3, -0.25) is 0 Å². The molecule has 1 aliphatic rings. The number of ether oxygens (including phenoxy) is 1. The number of halogens is 1. The zero-order valence-electron chi connectivity index (χ0n) is 9.96. The number of hydrogen-bond acceptors (Lipinski definition) is 2. The second-order valence-corrected chi connectivity index (χ2v) is 6.41.